The van der Waals surface area contributed by atoms with E-state index in [0.717, 1.165) is 12.5 Å². The fourth-order valence-electron chi connectivity index (χ4n) is 2.10. The van der Waals surface area contributed by atoms with Crippen molar-refractivity contribution in [2.75, 3.05) is 32.7 Å². The maximum Gasteiger partial charge on any atom is 0.405 e. The number of aromatic amines is 1. The van der Waals surface area contributed by atoms with Gasteiger partial charge in [0.15, 0.2) is 5.03 Å². The van der Waals surface area contributed by atoms with Gasteiger partial charge >= 0.3 is 6.18 Å². The van der Waals surface area contributed by atoms with Crippen LogP contribution in [0.15, 0.2) is 17.6 Å². The topological polar surface area (TPSA) is 90.1 Å². The standard InChI is InChI=1S/C10H16F3N5O2S/c11-10(12,13)8(18-3-1-14-2-4-18)5-17-21(19,20)9-6-15-7-16-9/h6-8,14,17H,1-5H2,(H,15,16). The number of nitrogens with one attached hydrogen (secondary N) is 3. The van der Waals surface area contributed by atoms with E-state index < -0.39 is 28.8 Å². The third kappa shape index (κ3) is 4.15. The van der Waals surface area contributed by atoms with E-state index >= 15 is 0 Å². The second-order valence-electron chi connectivity index (χ2n) is 4.61. The number of rotatable bonds is 5. The van der Waals surface area contributed by atoms with Gasteiger partial charge in [-0.15, -0.1) is 0 Å². The molecule has 1 aromatic heterocycles. The van der Waals surface area contributed by atoms with Gasteiger partial charge in [0.25, 0.3) is 10.0 Å². The van der Waals surface area contributed by atoms with E-state index in [4.69, 9.17) is 0 Å². The van der Waals surface area contributed by atoms with Gasteiger partial charge in [-0.05, 0) is 0 Å². The van der Waals surface area contributed by atoms with Crippen LogP contribution in [0.3, 0.4) is 0 Å². The molecule has 120 valence electrons. The Morgan fingerprint density at radius 3 is 2.57 bits per heavy atom. The molecule has 1 fully saturated rings. The number of nitrogens with zero attached hydrogens (tertiary/aromatic N) is 2. The number of halogens is 3. The molecule has 2 heterocycles. The molecular formula is C10H16F3N5O2S. The van der Waals surface area contributed by atoms with E-state index in [1.54, 1.807) is 0 Å². The van der Waals surface area contributed by atoms with E-state index in [1.807, 2.05) is 4.72 Å². The van der Waals surface area contributed by atoms with Crippen LogP contribution in [0.25, 0.3) is 0 Å². The molecule has 0 radical (unpaired) electrons. The molecule has 1 atom stereocenters. The lowest BCUT2D eigenvalue weighted by atomic mass is 10.2. The van der Waals surface area contributed by atoms with Crippen LogP contribution in [0, 0.1) is 0 Å². The molecule has 1 unspecified atom stereocenters. The van der Waals surface area contributed by atoms with Gasteiger partial charge in [-0.3, -0.25) is 4.90 Å². The summed E-state index contributed by atoms with van der Waals surface area (Å²) in [5.41, 5.74) is 0. The third-order valence-electron chi connectivity index (χ3n) is 3.20. The van der Waals surface area contributed by atoms with Crippen molar-refractivity contribution in [2.45, 2.75) is 17.2 Å². The van der Waals surface area contributed by atoms with Crippen molar-refractivity contribution >= 4 is 10.0 Å². The Balaban J connectivity index is 2.06. The minimum atomic E-state index is -4.51. The van der Waals surface area contributed by atoms with E-state index in [2.05, 4.69) is 15.3 Å². The van der Waals surface area contributed by atoms with Crippen LogP contribution in [-0.4, -0.2) is 68.2 Å². The predicted octanol–water partition coefficient (Wildman–Crippen LogP) is -0.476. The number of H-pyrrole nitrogens is 1. The summed E-state index contributed by atoms with van der Waals surface area (Å²) in [5.74, 6) is 0. The van der Waals surface area contributed by atoms with E-state index in [9.17, 15) is 21.6 Å². The molecule has 1 aromatic rings. The van der Waals surface area contributed by atoms with Crippen LogP contribution >= 0.6 is 0 Å². The van der Waals surface area contributed by atoms with Gasteiger partial charge in [-0.25, -0.2) is 18.1 Å². The van der Waals surface area contributed by atoms with Crippen molar-refractivity contribution in [3.63, 3.8) is 0 Å². The Bertz CT molecular complexity index is 540. The second-order valence-corrected chi connectivity index (χ2v) is 6.35. The Morgan fingerprint density at radius 2 is 2.05 bits per heavy atom. The maximum atomic E-state index is 13.1. The van der Waals surface area contributed by atoms with Crippen molar-refractivity contribution in [2.24, 2.45) is 0 Å². The first-order valence-corrected chi connectivity index (χ1v) is 7.78. The number of hydrogen-bond acceptors (Lipinski definition) is 5. The summed E-state index contributed by atoms with van der Waals surface area (Å²) in [6.45, 7) is 0.594. The van der Waals surface area contributed by atoms with Crippen LogP contribution in [0.1, 0.15) is 0 Å². The normalized spacial score (nSPS) is 19.6. The lowest BCUT2D eigenvalue weighted by Crippen LogP contribution is -2.57. The Hall–Kier alpha value is -1.17. The number of piperazine rings is 1. The molecule has 1 aliphatic heterocycles. The summed E-state index contributed by atoms with van der Waals surface area (Å²) >= 11 is 0. The highest BCUT2D eigenvalue weighted by molar-refractivity contribution is 7.89. The van der Waals surface area contributed by atoms with Crippen LogP contribution < -0.4 is 10.0 Å². The highest BCUT2D eigenvalue weighted by atomic mass is 32.2. The zero-order valence-electron chi connectivity index (χ0n) is 11.0. The van der Waals surface area contributed by atoms with Gasteiger partial charge in [0.05, 0.1) is 12.5 Å². The number of alkyl halides is 3. The van der Waals surface area contributed by atoms with Gasteiger partial charge in [-0.2, -0.15) is 13.2 Å². The SMILES string of the molecule is O=S(=O)(NCC(N1CCNCC1)C(F)(F)F)c1cnc[nH]1. The molecule has 0 saturated carbocycles. The molecule has 3 N–H and O–H groups in total. The molecule has 1 saturated heterocycles. The van der Waals surface area contributed by atoms with Crippen LogP contribution in [-0.2, 0) is 10.0 Å². The molecule has 0 aromatic carbocycles. The monoisotopic (exact) mass is 327 g/mol. The molecule has 0 aliphatic carbocycles. The molecule has 2 rings (SSSR count). The number of sulfonamides is 1. The largest absolute Gasteiger partial charge is 0.405 e. The summed E-state index contributed by atoms with van der Waals surface area (Å²) in [5, 5.41) is 2.69. The predicted molar refractivity (Wildman–Crippen MR) is 68.1 cm³/mol. The van der Waals surface area contributed by atoms with Crippen molar-refractivity contribution in [3.05, 3.63) is 12.5 Å². The molecular weight excluding hydrogens is 311 g/mol. The summed E-state index contributed by atoms with van der Waals surface area (Å²) in [4.78, 5) is 7.12. The molecule has 0 spiro atoms. The second kappa shape index (κ2) is 6.30. The highest BCUT2D eigenvalue weighted by Gasteiger charge is 2.44. The van der Waals surface area contributed by atoms with Gasteiger partial charge in [-0.1, -0.05) is 0 Å². The van der Waals surface area contributed by atoms with E-state index in [0.29, 0.717) is 13.1 Å². The first kappa shape index (κ1) is 16.2. The number of imidazole rings is 1. The van der Waals surface area contributed by atoms with Crippen LogP contribution in [0.2, 0.25) is 0 Å². The third-order valence-corrected chi connectivity index (χ3v) is 4.55. The van der Waals surface area contributed by atoms with Crippen molar-refractivity contribution < 1.29 is 21.6 Å². The molecule has 0 bridgehead atoms. The van der Waals surface area contributed by atoms with Crippen molar-refractivity contribution in [1.82, 2.24) is 24.9 Å². The summed E-state index contributed by atoms with van der Waals surface area (Å²) in [6.07, 6.45) is -2.32. The summed E-state index contributed by atoms with van der Waals surface area (Å²) in [7, 11) is -4.02. The highest BCUT2D eigenvalue weighted by Crippen LogP contribution is 2.25. The Kier molecular flexibility index (Phi) is 4.86. The van der Waals surface area contributed by atoms with Crippen molar-refractivity contribution in [3.8, 4) is 0 Å². The molecule has 21 heavy (non-hydrogen) atoms. The van der Waals surface area contributed by atoms with Gasteiger partial charge in [0, 0.05) is 32.7 Å². The minimum absolute atomic E-state index is 0.218. The zero-order valence-corrected chi connectivity index (χ0v) is 11.8. The first-order chi connectivity index (χ1) is 9.81. The average molecular weight is 327 g/mol. The Morgan fingerprint density at radius 1 is 1.38 bits per heavy atom. The summed E-state index contributed by atoms with van der Waals surface area (Å²) < 4.78 is 65.0. The van der Waals surface area contributed by atoms with E-state index in [1.165, 1.54) is 4.90 Å². The summed E-state index contributed by atoms with van der Waals surface area (Å²) in [6, 6.07) is -1.85. The lowest BCUT2D eigenvalue weighted by Gasteiger charge is -2.35. The fraction of sp³-hybridized carbons (Fsp3) is 0.700. The molecule has 1 aliphatic rings. The minimum Gasteiger partial charge on any atom is -0.335 e. The number of aromatic nitrogens is 2. The molecule has 0 amide bonds. The first-order valence-electron chi connectivity index (χ1n) is 6.30. The quantitative estimate of drug-likeness (QED) is 0.680. The smallest absolute Gasteiger partial charge is 0.335 e. The average Bonchev–Trinajstić information content (AvgIpc) is 2.93. The lowest BCUT2D eigenvalue weighted by molar-refractivity contribution is -0.182. The van der Waals surface area contributed by atoms with Crippen LogP contribution in [0.4, 0.5) is 13.2 Å². The van der Waals surface area contributed by atoms with Gasteiger partial charge in [0.2, 0.25) is 0 Å². The Labute approximate surface area is 120 Å². The van der Waals surface area contributed by atoms with Crippen molar-refractivity contribution in [1.29, 1.82) is 0 Å². The molecule has 7 nitrogen and oxygen atoms in total. The zero-order chi connectivity index (χ0) is 15.5. The van der Waals surface area contributed by atoms with Gasteiger partial charge < -0.3 is 10.3 Å². The maximum absolute atomic E-state index is 13.1. The van der Waals surface area contributed by atoms with Crippen LogP contribution in [0.5, 0.6) is 0 Å². The molecule has 11 heteroatoms. The fourth-order valence-corrected chi connectivity index (χ4v) is 3.04. The number of hydrogen-bond donors (Lipinski definition) is 3. The van der Waals surface area contributed by atoms with Gasteiger partial charge in [0.1, 0.15) is 6.04 Å². The van der Waals surface area contributed by atoms with E-state index in [-0.39, 0.29) is 18.1 Å².